The van der Waals surface area contributed by atoms with Gasteiger partial charge < -0.3 is 0 Å². The van der Waals surface area contributed by atoms with Gasteiger partial charge in [-0.2, -0.15) is 0 Å². The van der Waals surface area contributed by atoms with E-state index in [4.69, 9.17) is 0 Å². The second-order valence-electron chi connectivity index (χ2n) is 4.75. The summed E-state index contributed by atoms with van der Waals surface area (Å²) in [5.41, 5.74) is 2.82. The minimum Gasteiger partial charge on any atom is -0.299 e. The van der Waals surface area contributed by atoms with Crippen molar-refractivity contribution in [1.29, 1.82) is 0 Å². The SMILES string of the molecule is Cc1nc2cc(CC(=O)Cc3ccccn3)ccc2s1. The summed E-state index contributed by atoms with van der Waals surface area (Å²) >= 11 is 1.68. The molecule has 0 bridgehead atoms. The summed E-state index contributed by atoms with van der Waals surface area (Å²) in [6.45, 7) is 2.00. The monoisotopic (exact) mass is 282 g/mol. The Labute approximate surface area is 121 Å². The van der Waals surface area contributed by atoms with Crippen LogP contribution in [0.4, 0.5) is 0 Å². The third kappa shape index (κ3) is 2.91. The number of carbonyl (C=O) groups excluding carboxylic acids is 1. The molecule has 0 unspecified atom stereocenters. The number of thiazole rings is 1. The van der Waals surface area contributed by atoms with Crippen LogP contribution in [0.15, 0.2) is 42.6 Å². The van der Waals surface area contributed by atoms with E-state index in [0.29, 0.717) is 12.8 Å². The average Bonchev–Trinajstić information content (AvgIpc) is 2.79. The predicted octanol–water partition coefficient (Wildman–Crippen LogP) is 3.35. The topological polar surface area (TPSA) is 42.9 Å². The van der Waals surface area contributed by atoms with E-state index >= 15 is 0 Å². The zero-order valence-corrected chi connectivity index (χ0v) is 12.0. The first-order valence-corrected chi connectivity index (χ1v) is 7.30. The highest BCUT2D eigenvalue weighted by atomic mass is 32.1. The van der Waals surface area contributed by atoms with Crippen molar-refractivity contribution < 1.29 is 4.79 Å². The largest absolute Gasteiger partial charge is 0.299 e. The van der Waals surface area contributed by atoms with Gasteiger partial charge in [0, 0.05) is 24.7 Å². The molecule has 100 valence electrons. The van der Waals surface area contributed by atoms with Crippen LogP contribution in [0, 0.1) is 6.92 Å². The molecule has 0 N–H and O–H groups in total. The molecule has 0 saturated carbocycles. The van der Waals surface area contributed by atoms with Crippen molar-refractivity contribution in [3.8, 4) is 0 Å². The normalized spacial score (nSPS) is 10.8. The number of fused-ring (bicyclic) bond motifs is 1. The van der Waals surface area contributed by atoms with Gasteiger partial charge in [0.1, 0.15) is 5.78 Å². The van der Waals surface area contributed by atoms with Crippen molar-refractivity contribution in [2.75, 3.05) is 0 Å². The highest BCUT2D eigenvalue weighted by molar-refractivity contribution is 7.18. The van der Waals surface area contributed by atoms with Gasteiger partial charge in [-0.25, -0.2) is 4.98 Å². The highest BCUT2D eigenvalue weighted by Crippen LogP contribution is 2.22. The molecule has 0 spiro atoms. The van der Waals surface area contributed by atoms with Gasteiger partial charge in [-0.1, -0.05) is 12.1 Å². The molecule has 0 aliphatic carbocycles. The van der Waals surface area contributed by atoms with E-state index in [1.165, 1.54) is 4.70 Å². The van der Waals surface area contributed by atoms with E-state index in [9.17, 15) is 4.79 Å². The smallest absolute Gasteiger partial charge is 0.143 e. The molecule has 2 aromatic heterocycles. The molecule has 3 nitrogen and oxygen atoms in total. The number of nitrogens with zero attached hydrogens (tertiary/aromatic N) is 2. The molecular weight excluding hydrogens is 268 g/mol. The van der Waals surface area contributed by atoms with Crippen molar-refractivity contribution in [1.82, 2.24) is 9.97 Å². The van der Waals surface area contributed by atoms with Crippen LogP contribution < -0.4 is 0 Å². The number of benzene rings is 1. The van der Waals surface area contributed by atoms with E-state index < -0.39 is 0 Å². The summed E-state index contributed by atoms with van der Waals surface area (Å²) in [4.78, 5) is 20.7. The van der Waals surface area contributed by atoms with Crippen LogP contribution in [-0.2, 0) is 17.6 Å². The van der Waals surface area contributed by atoms with Gasteiger partial charge in [0.05, 0.1) is 15.2 Å². The maximum atomic E-state index is 12.1. The highest BCUT2D eigenvalue weighted by Gasteiger charge is 2.08. The maximum absolute atomic E-state index is 12.1. The lowest BCUT2D eigenvalue weighted by Crippen LogP contribution is -2.07. The van der Waals surface area contributed by atoms with Crippen molar-refractivity contribution in [2.24, 2.45) is 0 Å². The standard InChI is InChI=1S/C16H14N2OS/c1-11-18-15-9-12(5-6-16(15)20-11)8-14(19)10-13-4-2-3-7-17-13/h2-7,9H,8,10H2,1H3. The molecule has 3 rings (SSSR count). The Morgan fingerprint density at radius 3 is 2.90 bits per heavy atom. The van der Waals surface area contributed by atoms with E-state index in [1.807, 2.05) is 43.3 Å². The lowest BCUT2D eigenvalue weighted by Gasteiger charge is -2.01. The number of hydrogen-bond donors (Lipinski definition) is 0. The van der Waals surface area contributed by atoms with Gasteiger partial charge >= 0.3 is 0 Å². The first kappa shape index (κ1) is 12.9. The number of pyridine rings is 1. The van der Waals surface area contributed by atoms with Crippen molar-refractivity contribution in [3.05, 3.63) is 58.9 Å². The van der Waals surface area contributed by atoms with Gasteiger partial charge in [0.25, 0.3) is 0 Å². The summed E-state index contributed by atoms with van der Waals surface area (Å²) in [5, 5.41) is 1.05. The molecule has 20 heavy (non-hydrogen) atoms. The minimum atomic E-state index is 0.176. The number of ketones is 1. The molecule has 0 amide bonds. The van der Waals surface area contributed by atoms with Crippen molar-refractivity contribution in [2.45, 2.75) is 19.8 Å². The fourth-order valence-electron chi connectivity index (χ4n) is 2.19. The summed E-state index contributed by atoms with van der Waals surface area (Å²) < 4.78 is 1.17. The number of aromatic nitrogens is 2. The van der Waals surface area contributed by atoms with E-state index in [0.717, 1.165) is 21.8 Å². The van der Waals surface area contributed by atoms with Crippen molar-refractivity contribution in [3.63, 3.8) is 0 Å². The zero-order chi connectivity index (χ0) is 13.9. The molecule has 0 fully saturated rings. The summed E-state index contributed by atoms with van der Waals surface area (Å²) in [6, 6.07) is 11.7. The van der Waals surface area contributed by atoms with Crippen LogP contribution in [0.3, 0.4) is 0 Å². The zero-order valence-electron chi connectivity index (χ0n) is 11.2. The lowest BCUT2D eigenvalue weighted by molar-refractivity contribution is -0.117. The third-order valence-corrected chi connectivity index (χ3v) is 4.02. The van der Waals surface area contributed by atoms with Crippen LogP contribution in [-0.4, -0.2) is 15.8 Å². The fraction of sp³-hybridized carbons (Fsp3) is 0.188. The molecular formula is C16H14N2OS. The number of hydrogen-bond acceptors (Lipinski definition) is 4. The Hall–Kier alpha value is -2.07. The Morgan fingerprint density at radius 1 is 1.20 bits per heavy atom. The van der Waals surface area contributed by atoms with Crippen LogP contribution >= 0.6 is 11.3 Å². The molecule has 3 aromatic rings. The van der Waals surface area contributed by atoms with E-state index in [1.54, 1.807) is 17.5 Å². The summed E-state index contributed by atoms with van der Waals surface area (Å²) in [5.74, 6) is 0.176. The number of Topliss-reactive ketones (excluding diaryl/α,β-unsaturated/α-hetero) is 1. The molecule has 0 radical (unpaired) electrons. The predicted molar refractivity (Wildman–Crippen MR) is 81.0 cm³/mol. The van der Waals surface area contributed by atoms with Gasteiger partial charge in [-0.05, 0) is 36.8 Å². The average molecular weight is 282 g/mol. The molecule has 0 aliphatic heterocycles. The second-order valence-corrected chi connectivity index (χ2v) is 5.98. The van der Waals surface area contributed by atoms with Crippen LogP contribution in [0.5, 0.6) is 0 Å². The minimum absolute atomic E-state index is 0.176. The second kappa shape index (κ2) is 5.51. The third-order valence-electron chi connectivity index (χ3n) is 3.06. The Bertz CT molecular complexity index is 750. The molecule has 4 heteroatoms. The Morgan fingerprint density at radius 2 is 2.10 bits per heavy atom. The molecule has 0 atom stereocenters. The molecule has 2 heterocycles. The van der Waals surface area contributed by atoms with E-state index in [2.05, 4.69) is 9.97 Å². The van der Waals surface area contributed by atoms with Gasteiger partial charge in [0.15, 0.2) is 0 Å². The fourth-order valence-corrected chi connectivity index (χ4v) is 3.00. The van der Waals surface area contributed by atoms with Gasteiger partial charge in [-0.3, -0.25) is 9.78 Å². The first-order valence-electron chi connectivity index (χ1n) is 6.48. The molecule has 0 aliphatic rings. The number of aryl methyl sites for hydroxylation is 1. The Balaban J connectivity index is 1.74. The van der Waals surface area contributed by atoms with Crippen LogP contribution in [0.2, 0.25) is 0 Å². The van der Waals surface area contributed by atoms with Gasteiger partial charge in [-0.15, -0.1) is 11.3 Å². The summed E-state index contributed by atoms with van der Waals surface area (Å²) in [7, 11) is 0. The van der Waals surface area contributed by atoms with Crippen LogP contribution in [0.1, 0.15) is 16.3 Å². The Kier molecular flexibility index (Phi) is 3.56. The van der Waals surface area contributed by atoms with Crippen molar-refractivity contribution >= 4 is 27.3 Å². The molecule has 1 aromatic carbocycles. The lowest BCUT2D eigenvalue weighted by atomic mass is 10.1. The molecule has 0 saturated heterocycles. The van der Waals surface area contributed by atoms with Gasteiger partial charge in [0.2, 0.25) is 0 Å². The number of carbonyl (C=O) groups is 1. The quantitative estimate of drug-likeness (QED) is 0.737. The van der Waals surface area contributed by atoms with E-state index in [-0.39, 0.29) is 5.78 Å². The first-order chi connectivity index (χ1) is 9.70. The maximum Gasteiger partial charge on any atom is 0.143 e. The number of rotatable bonds is 4. The van der Waals surface area contributed by atoms with Crippen LogP contribution in [0.25, 0.3) is 10.2 Å². The summed E-state index contributed by atoms with van der Waals surface area (Å²) in [6.07, 6.45) is 2.53.